The van der Waals surface area contributed by atoms with Crippen LogP contribution in [0.25, 0.3) is 0 Å². The first kappa shape index (κ1) is 14.8. The van der Waals surface area contributed by atoms with Gasteiger partial charge in [0.1, 0.15) is 0 Å². The van der Waals surface area contributed by atoms with E-state index in [1.165, 1.54) is 19.3 Å². The van der Waals surface area contributed by atoms with Crippen molar-refractivity contribution in [2.45, 2.75) is 44.6 Å². The molecule has 3 N–H and O–H groups in total. The van der Waals surface area contributed by atoms with E-state index in [0.717, 1.165) is 18.4 Å². The zero-order chi connectivity index (χ0) is 14.2. The van der Waals surface area contributed by atoms with Crippen molar-refractivity contribution < 1.29 is 4.79 Å². The smallest absolute Gasteiger partial charge is 0.242 e. The molecule has 1 amide bonds. The molecule has 1 fully saturated rings. The Kier molecular flexibility index (Phi) is 5.80. The first-order chi connectivity index (χ1) is 9.74. The van der Waals surface area contributed by atoms with E-state index in [0.29, 0.717) is 17.6 Å². The van der Waals surface area contributed by atoms with Crippen LogP contribution in [0.3, 0.4) is 0 Å². The average Bonchev–Trinajstić information content (AvgIpc) is 2.47. The van der Waals surface area contributed by atoms with Crippen LogP contribution in [0, 0.1) is 0 Å². The molecule has 5 heteroatoms. The van der Waals surface area contributed by atoms with Crippen molar-refractivity contribution in [3.05, 3.63) is 35.9 Å². The fraction of sp³-hybridized carbons (Fsp3) is 0.467. The SMILES string of the molecule is O=C(Cc1ccccc1)NNC(=S)NC1CCCCC1. The third-order valence-electron chi connectivity index (χ3n) is 3.46. The number of thiocarbonyl (C=S) groups is 1. The molecule has 0 unspecified atom stereocenters. The molecule has 0 aromatic heterocycles. The topological polar surface area (TPSA) is 53.2 Å². The summed E-state index contributed by atoms with van der Waals surface area (Å²) in [5.41, 5.74) is 6.38. The van der Waals surface area contributed by atoms with Crippen LogP contribution < -0.4 is 16.2 Å². The maximum atomic E-state index is 11.7. The monoisotopic (exact) mass is 291 g/mol. The van der Waals surface area contributed by atoms with Crippen LogP contribution in [-0.4, -0.2) is 17.1 Å². The molecule has 2 rings (SSSR count). The van der Waals surface area contributed by atoms with Crippen molar-refractivity contribution in [3.63, 3.8) is 0 Å². The van der Waals surface area contributed by atoms with Crippen molar-refractivity contribution in [2.24, 2.45) is 0 Å². The quantitative estimate of drug-likeness (QED) is 0.589. The van der Waals surface area contributed by atoms with E-state index in [-0.39, 0.29) is 5.91 Å². The summed E-state index contributed by atoms with van der Waals surface area (Å²) >= 11 is 5.18. The Bertz CT molecular complexity index is 444. The zero-order valence-electron chi connectivity index (χ0n) is 11.5. The van der Waals surface area contributed by atoms with Crippen molar-refractivity contribution in [1.82, 2.24) is 16.2 Å². The molecular weight excluding hydrogens is 270 g/mol. The number of rotatable bonds is 3. The minimum absolute atomic E-state index is 0.0935. The Morgan fingerprint density at radius 1 is 1.10 bits per heavy atom. The molecule has 1 aromatic rings. The van der Waals surface area contributed by atoms with Crippen LogP contribution in [0.2, 0.25) is 0 Å². The van der Waals surface area contributed by atoms with Crippen LogP contribution in [0.15, 0.2) is 30.3 Å². The number of benzene rings is 1. The van der Waals surface area contributed by atoms with Crippen LogP contribution >= 0.6 is 12.2 Å². The summed E-state index contributed by atoms with van der Waals surface area (Å²) in [6, 6.07) is 10.1. The first-order valence-electron chi connectivity index (χ1n) is 7.13. The van der Waals surface area contributed by atoms with Gasteiger partial charge in [0.25, 0.3) is 0 Å². The second-order valence-electron chi connectivity index (χ2n) is 5.14. The highest BCUT2D eigenvalue weighted by atomic mass is 32.1. The van der Waals surface area contributed by atoms with Gasteiger partial charge in [-0.2, -0.15) is 0 Å². The number of hydrogen-bond acceptors (Lipinski definition) is 2. The molecule has 1 aliphatic carbocycles. The number of hydrazine groups is 1. The summed E-state index contributed by atoms with van der Waals surface area (Å²) in [4.78, 5) is 11.7. The van der Waals surface area contributed by atoms with Crippen LogP contribution in [0.4, 0.5) is 0 Å². The summed E-state index contributed by atoms with van der Waals surface area (Å²) in [5, 5.41) is 3.74. The van der Waals surface area contributed by atoms with Gasteiger partial charge in [0, 0.05) is 6.04 Å². The second kappa shape index (κ2) is 7.85. The Morgan fingerprint density at radius 3 is 2.50 bits per heavy atom. The minimum atomic E-state index is -0.0935. The van der Waals surface area contributed by atoms with E-state index in [9.17, 15) is 4.79 Å². The van der Waals surface area contributed by atoms with Crippen molar-refractivity contribution in [2.75, 3.05) is 0 Å². The van der Waals surface area contributed by atoms with Gasteiger partial charge in [-0.25, -0.2) is 0 Å². The summed E-state index contributed by atoms with van der Waals surface area (Å²) in [6.07, 6.45) is 6.47. The van der Waals surface area contributed by atoms with Crippen LogP contribution in [-0.2, 0) is 11.2 Å². The lowest BCUT2D eigenvalue weighted by Gasteiger charge is -2.24. The lowest BCUT2D eigenvalue weighted by Crippen LogP contribution is -2.50. The third-order valence-corrected chi connectivity index (χ3v) is 3.68. The summed E-state index contributed by atoms with van der Waals surface area (Å²) in [5.74, 6) is -0.0935. The lowest BCUT2D eigenvalue weighted by atomic mass is 9.96. The molecular formula is C15H21N3OS. The maximum absolute atomic E-state index is 11.7. The molecule has 0 heterocycles. The molecule has 1 aromatic carbocycles. The zero-order valence-corrected chi connectivity index (χ0v) is 12.3. The Labute approximate surface area is 125 Å². The van der Waals surface area contributed by atoms with Gasteiger partial charge in [-0.15, -0.1) is 0 Å². The van der Waals surface area contributed by atoms with Gasteiger partial charge in [0.05, 0.1) is 6.42 Å². The first-order valence-corrected chi connectivity index (χ1v) is 7.54. The summed E-state index contributed by atoms with van der Waals surface area (Å²) < 4.78 is 0. The molecule has 0 radical (unpaired) electrons. The van der Waals surface area contributed by atoms with E-state index in [4.69, 9.17) is 12.2 Å². The van der Waals surface area contributed by atoms with Gasteiger partial charge >= 0.3 is 0 Å². The predicted octanol–water partition coefficient (Wildman–Crippen LogP) is 2.06. The van der Waals surface area contributed by atoms with E-state index in [2.05, 4.69) is 16.2 Å². The molecule has 4 nitrogen and oxygen atoms in total. The Morgan fingerprint density at radius 2 is 1.80 bits per heavy atom. The number of hydrogen-bond donors (Lipinski definition) is 3. The summed E-state index contributed by atoms with van der Waals surface area (Å²) in [6.45, 7) is 0. The second-order valence-corrected chi connectivity index (χ2v) is 5.55. The van der Waals surface area contributed by atoms with E-state index >= 15 is 0 Å². The molecule has 0 saturated heterocycles. The highest BCUT2D eigenvalue weighted by Gasteiger charge is 2.14. The Balaban J connectivity index is 1.66. The van der Waals surface area contributed by atoms with Gasteiger partial charge in [0.2, 0.25) is 5.91 Å². The Hall–Kier alpha value is -1.62. The van der Waals surface area contributed by atoms with E-state index in [1.54, 1.807) is 0 Å². The molecule has 1 aliphatic rings. The maximum Gasteiger partial charge on any atom is 0.242 e. The molecule has 1 saturated carbocycles. The van der Waals surface area contributed by atoms with Gasteiger partial charge < -0.3 is 5.32 Å². The fourth-order valence-corrected chi connectivity index (χ4v) is 2.64. The van der Waals surface area contributed by atoms with Crippen LogP contribution in [0.1, 0.15) is 37.7 Å². The van der Waals surface area contributed by atoms with E-state index in [1.807, 2.05) is 30.3 Å². The molecule has 0 atom stereocenters. The van der Waals surface area contributed by atoms with Crippen molar-refractivity contribution >= 4 is 23.2 Å². The van der Waals surface area contributed by atoms with Gasteiger partial charge in [-0.1, -0.05) is 49.6 Å². The largest absolute Gasteiger partial charge is 0.359 e. The van der Waals surface area contributed by atoms with Crippen molar-refractivity contribution in [1.29, 1.82) is 0 Å². The van der Waals surface area contributed by atoms with E-state index < -0.39 is 0 Å². The van der Waals surface area contributed by atoms with Crippen molar-refractivity contribution in [3.8, 4) is 0 Å². The minimum Gasteiger partial charge on any atom is -0.359 e. The highest BCUT2D eigenvalue weighted by molar-refractivity contribution is 7.80. The average molecular weight is 291 g/mol. The normalized spacial score (nSPS) is 15.4. The van der Waals surface area contributed by atoms with Crippen LogP contribution in [0.5, 0.6) is 0 Å². The molecule has 0 spiro atoms. The highest BCUT2D eigenvalue weighted by Crippen LogP contribution is 2.17. The lowest BCUT2D eigenvalue weighted by molar-refractivity contribution is -0.121. The number of nitrogens with one attached hydrogen (secondary N) is 3. The standard InChI is InChI=1S/C15H21N3OS/c19-14(11-12-7-3-1-4-8-12)17-18-15(20)16-13-9-5-2-6-10-13/h1,3-4,7-8,13H,2,5-6,9-11H2,(H,17,19)(H2,16,18,20). The molecule has 0 aliphatic heterocycles. The van der Waals surface area contributed by atoms with Gasteiger partial charge in [-0.3, -0.25) is 15.6 Å². The number of carbonyl (C=O) groups excluding carboxylic acids is 1. The molecule has 108 valence electrons. The van der Waals surface area contributed by atoms with Gasteiger partial charge in [0.15, 0.2) is 5.11 Å². The fourth-order valence-electron chi connectivity index (χ4n) is 2.42. The number of carbonyl (C=O) groups is 1. The number of amides is 1. The van der Waals surface area contributed by atoms with Gasteiger partial charge in [-0.05, 0) is 30.6 Å². The third kappa shape index (κ3) is 5.17. The predicted molar refractivity (Wildman–Crippen MR) is 84.0 cm³/mol. The molecule has 20 heavy (non-hydrogen) atoms. The molecule has 0 bridgehead atoms. The summed E-state index contributed by atoms with van der Waals surface area (Å²) in [7, 11) is 0.